The Morgan fingerprint density at radius 1 is 0.326 bits per heavy atom. The third-order valence-corrected chi connectivity index (χ3v) is 18.7. The second-order valence-electron chi connectivity index (χ2n) is 26.9. The van der Waals surface area contributed by atoms with Crippen LogP contribution < -0.4 is 5.73 Å². The first-order valence-corrected chi connectivity index (χ1v) is 41.9. The van der Waals surface area contributed by atoms with Crippen molar-refractivity contribution < 1.29 is 37.6 Å². The minimum absolute atomic E-state index is 0.0507. The number of hydrogen-bond donors (Lipinski definition) is 2. The van der Waals surface area contributed by atoms with Crippen LogP contribution in [0.1, 0.15) is 386 Å². The molecule has 0 rings (SSSR count). The maximum Gasteiger partial charge on any atom is 0.472 e. The van der Waals surface area contributed by atoms with Gasteiger partial charge in [-0.1, -0.05) is 399 Å². The van der Waals surface area contributed by atoms with Gasteiger partial charge in [-0.05, 0) is 83.5 Å². The van der Waals surface area contributed by atoms with Crippen LogP contribution in [0.2, 0.25) is 0 Å². The van der Waals surface area contributed by atoms with Crippen LogP contribution in [0.25, 0.3) is 0 Å². The minimum Gasteiger partial charge on any atom is -0.462 e. The molecule has 10 heteroatoms. The Hall–Kier alpha value is -3.33. The van der Waals surface area contributed by atoms with Gasteiger partial charge in [0.25, 0.3) is 0 Å². The summed E-state index contributed by atoms with van der Waals surface area (Å²) in [6, 6.07) is 0. The average molecular weight is 1350 g/mol. The van der Waals surface area contributed by atoms with Crippen molar-refractivity contribution in [3.63, 3.8) is 0 Å². The monoisotopic (exact) mass is 1350 g/mol. The Bertz CT molecular complexity index is 1930. The van der Waals surface area contributed by atoms with E-state index in [0.29, 0.717) is 6.42 Å². The number of hydrogen-bond acceptors (Lipinski definition) is 8. The fourth-order valence-electron chi connectivity index (χ4n) is 11.8. The number of rotatable bonds is 76. The number of phosphoric acid groups is 1. The normalized spacial score (nSPS) is 13.4. The number of nitrogens with two attached hydrogens (primary N) is 1. The molecule has 0 saturated heterocycles. The van der Waals surface area contributed by atoms with Crippen LogP contribution in [0.15, 0.2) is 109 Å². The van der Waals surface area contributed by atoms with Gasteiger partial charge in [-0.3, -0.25) is 18.6 Å². The smallest absolute Gasteiger partial charge is 0.462 e. The SMILES string of the molecule is CC/C=C\C/C=C\C/C=C\C/C=C\C/C=C\C/C=C\C/C=C\C/C=C\C/C=C\CCCCCCCCCCCCCC(=O)OC(COC(=O)CCCCCCCCCCCCCCCCCCCCCCCCCCCCCCCCCCCCC)COP(=O)(O)OCCN. The third-order valence-electron chi connectivity index (χ3n) is 17.7. The Labute approximate surface area is 588 Å². The maximum atomic E-state index is 12.8. The van der Waals surface area contributed by atoms with Gasteiger partial charge in [0.2, 0.25) is 0 Å². The second-order valence-corrected chi connectivity index (χ2v) is 28.4. The quantitative estimate of drug-likeness (QED) is 0.0264. The lowest BCUT2D eigenvalue weighted by atomic mass is 10.0. The molecule has 0 amide bonds. The van der Waals surface area contributed by atoms with Crippen LogP contribution in [0, 0.1) is 0 Å². The number of ether oxygens (including phenoxy) is 2. The number of carbonyl (C=O) groups excluding carboxylic acids is 2. The predicted octanol–water partition coefficient (Wildman–Crippen LogP) is 27.2. The Morgan fingerprint density at radius 3 is 0.863 bits per heavy atom. The lowest BCUT2D eigenvalue weighted by Gasteiger charge is -2.19. The molecule has 550 valence electrons. The lowest BCUT2D eigenvalue weighted by Crippen LogP contribution is -2.29. The Kier molecular flexibility index (Phi) is 76.9. The van der Waals surface area contributed by atoms with Crippen molar-refractivity contribution in [3.8, 4) is 0 Å². The van der Waals surface area contributed by atoms with Crippen LogP contribution in [-0.2, 0) is 32.7 Å². The van der Waals surface area contributed by atoms with E-state index >= 15 is 0 Å². The molecule has 0 bridgehead atoms. The molecule has 0 aromatic carbocycles. The van der Waals surface area contributed by atoms with E-state index in [1.54, 1.807) is 0 Å². The van der Waals surface area contributed by atoms with Gasteiger partial charge in [0.1, 0.15) is 6.61 Å². The van der Waals surface area contributed by atoms with E-state index in [1.807, 2.05) is 0 Å². The molecule has 0 spiro atoms. The Balaban J connectivity index is 3.83. The van der Waals surface area contributed by atoms with Gasteiger partial charge in [-0.25, -0.2) is 4.57 Å². The summed E-state index contributed by atoms with van der Waals surface area (Å²) in [6.07, 6.45) is 111. The van der Waals surface area contributed by atoms with Crippen molar-refractivity contribution in [1.82, 2.24) is 0 Å². The van der Waals surface area contributed by atoms with E-state index < -0.39 is 26.5 Å². The Morgan fingerprint density at radius 2 is 0.579 bits per heavy atom. The summed E-state index contributed by atoms with van der Waals surface area (Å²) >= 11 is 0. The van der Waals surface area contributed by atoms with Crippen LogP contribution in [0.5, 0.6) is 0 Å². The summed E-state index contributed by atoms with van der Waals surface area (Å²) in [7, 11) is -4.40. The molecule has 2 atom stereocenters. The van der Waals surface area contributed by atoms with E-state index in [9.17, 15) is 19.0 Å². The molecule has 3 N–H and O–H groups in total. The first kappa shape index (κ1) is 91.7. The molecule has 2 unspecified atom stereocenters. The number of allylic oxidation sites excluding steroid dienone is 18. The first-order chi connectivity index (χ1) is 46.8. The first-order valence-electron chi connectivity index (χ1n) is 40.4. The highest BCUT2D eigenvalue weighted by atomic mass is 31.2. The average Bonchev–Trinajstić information content (AvgIpc) is 3.16. The summed E-state index contributed by atoms with van der Waals surface area (Å²) in [5, 5.41) is 0. The van der Waals surface area contributed by atoms with Crippen molar-refractivity contribution in [3.05, 3.63) is 109 Å². The predicted molar refractivity (Wildman–Crippen MR) is 413 cm³/mol. The van der Waals surface area contributed by atoms with Crippen molar-refractivity contribution in [2.45, 2.75) is 392 Å². The number of esters is 2. The van der Waals surface area contributed by atoms with Crippen LogP contribution in [0.4, 0.5) is 0 Å². The fourth-order valence-corrected chi connectivity index (χ4v) is 12.5. The minimum atomic E-state index is -4.40. The molecule has 0 aromatic rings. The molecule has 95 heavy (non-hydrogen) atoms. The zero-order chi connectivity index (χ0) is 68.6. The summed E-state index contributed by atoms with van der Waals surface area (Å²) in [6.45, 7) is 3.68. The third kappa shape index (κ3) is 79.5. The van der Waals surface area contributed by atoms with Gasteiger partial charge in [0.15, 0.2) is 6.10 Å². The fraction of sp³-hybridized carbons (Fsp3) is 0.765. The van der Waals surface area contributed by atoms with E-state index in [2.05, 4.69) is 123 Å². The van der Waals surface area contributed by atoms with Crippen LogP contribution >= 0.6 is 7.82 Å². The van der Waals surface area contributed by atoms with E-state index in [4.69, 9.17) is 24.3 Å². The van der Waals surface area contributed by atoms with E-state index in [-0.39, 0.29) is 38.6 Å². The largest absolute Gasteiger partial charge is 0.472 e. The van der Waals surface area contributed by atoms with Crippen molar-refractivity contribution in [2.24, 2.45) is 5.73 Å². The molecule has 0 aromatic heterocycles. The number of unbranched alkanes of at least 4 members (excludes halogenated alkanes) is 45. The molecule has 0 fully saturated rings. The summed E-state index contributed by atoms with van der Waals surface area (Å²) < 4.78 is 33.3. The molecular weight excluding hydrogens is 1190 g/mol. The number of carbonyl (C=O) groups is 2. The molecule has 0 aliphatic rings. The second kappa shape index (κ2) is 79.7. The maximum absolute atomic E-state index is 12.8. The van der Waals surface area contributed by atoms with Crippen LogP contribution in [0.3, 0.4) is 0 Å². The van der Waals surface area contributed by atoms with Crippen molar-refractivity contribution in [1.29, 1.82) is 0 Å². The molecule has 9 nitrogen and oxygen atoms in total. The highest BCUT2D eigenvalue weighted by Crippen LogP contribution is 2.43. The van der Waals surface area contributed by atoms with Gasteiger partial charge in [0, 0.05) is 19.4 Å². The van der Waals surface area contributed by atoms with Crippen molar-refractivity contribution >= 4 is 19.8 Å². The number of phosphoric ester groups is 1. The lowest BCUT2D eigenvalue weighted by molar-refractivity contribution is -0.161. The topological polar surface area (TPSA) is 134 Å². The zero-order valence-corrected chi connectivity index (χ0v) is 63.0. The van der Waals surface area contributed by atoms with Crippen molar-refractivity contribution in [2.75, 3.05) is 26.4 Å². The summed E-state index contributed by atoms with van der Waals surface area (Å²) in [5.74, 6) is -0.818. The molecule has 0 aliphatic carbocycles. The highest BCUT2D eigenvalue weighted by molar-refractivity contribution is 7.47. The molecule has 0 radical (unpaired) electrons. The van der Waals surface area contributed by atoms with Gasteiger partial charge < -0.3 is 20.1 Å². The van der Waals surface area contributed by atoms with E-state index in [1.165, 1.54) is 250 Å². The van der Waals surface area contributed by atoms with Gasteiger partial charge in [-0.2, -0.15) is 0 Å². The molecular formula is C85H152NO8P. The molecule has 0 saturated carbocycles. The molecule has 0 aliphatic heterocycles. The van der Waals surface area contributed by atoms with Crippen LogP contribution in [-0.4, -0.2) is 49.3 Å². The zero-order valence-electron chi connectivity index (χ0n) is 62.1. The summed E-state index contributed by atoms with van der Waals surface area (Å²) in [5.41, 5.74) is 5.42. The molecule has 0 heterocycles. The van der Waals surface area contributed by atoms with Gasteiger partial charge in [0.05, 0.1) is 13.2 Å². The summed E-state index contributed by atoms with van der Waals surface area (Å²) in [4.78, 5) is 35.5. The highest BCUT2D eigenvalue weighted by Gasteiger charge is 2.26. The van der Waals surface area contributed by atoms with E-state index in [0.717, 1.165) is 103 Å². The van der Waals surface area contributed by atoms with Gasteiger partial charge >= 0.3 is 19.8 Å². The van der Waals surface area contributed by atoms with Gasteiger partial charge in [-0.15, -0.1) is 0 Å². The standard InChI is InChI=1S/C85H152NO8P/c1-3-5-7-9-11-13-15-17-19-21-23-25-27-29-31-33-35-37-39-40-41-42-44-46-48-50-52-54-56-58-60-62-64-66-68-70-72-74-76-78-85(88)94-83(82-93-95(89,90)92-80-79-86)81-91-84(87)77-75-73-71-69-67-65-63-61-59-57-55-53-51-49-47-45-43-38-36-34-32-30-28-26-24-22-20-18-16-14-12-10-8-6-4-2/h5,7,11,13,17,19,23,25,29,31,35,37,40-41,44,46,50,52,83H,3-4,6,8-10,12,14-16,18,20-22,24,26-28,30,32-34,36,38-39,42-43,45,47-49,51,53-82,86H2,1-2H3,(H,89,90)/b7-5-,13-11-,19-17-,25-23-,31-29-,37-35-,41-40-,46-44-,52-50-.